The standard InChI is InChI=1S/C12H17NO2/c1-12(11(14)15,8-5-9-13)10-6-3-2-4-7-10/h2-4,6-7H,5,8-9,13H2,1H3,(H,14,15). The highest BCUT2D eigenvalue weighted by Crippen LogP contribution is 2.28. The molecule has 0 radical (unpaired) electrons. The maximum Gasteiger partial charge on any atom is 0.313 e. The molecule has 0 aliphatic heterocycles. The van der Waals surface area contributed by atoms with Gasteiger partial charge in [0.15, 0.2) is 0 Å². The summed E-state index contributed by atoms with van der Waals surface area (Å²) in [6.45, 7) is 2.27. The van der Waals surface area contributed by atoms with Crippen molar-refractivity contribution in [3.8, 4) is 0 Å². The van der Waals surface area contributed by atoms with E-state index >= 15 is 0 Å². The molecule has 3 heteroatoms. The molecule has 0 bridgehead atoms. The molecule has 0 heterocycles. The van der Waals surface area contributed by atoms with Crippen LogP contribution < -0.4 is 5.73 Å². The van der Waals surface area contributed by atoms with Crippen molar-refractivity contribution in [2.45, 2.75) is 25.2 Å². The van der Waals surface area contributed by atoms with Crippen molar-refractivity contribution in [3.05, 3.63) is 35.9 Å². The molecule has 3 nitrogen and oxygen atoms in total. The van der Waals surface area contributed by atoms with E-state index in [1.807, 2.05) is 30.3 Å². The van der Waals surface area contributed by atoms with E-state index in [1.165, 1.54) is 0 Å². The van der Waals surface area contributed by atoms with E-state index in [0.29, 0.717) is 13.0 Å². The Labute approximate surface area is 89.9 Å². The second-order valence-corrected chi connectivity index (χ2v) is 3.90. The molecule has 3 N–H and O–H groups in total. The Bertz CT molecular complexity index is 324. The van der Waals surface area contributed by atoms with Gasteiger partial charge < -0.3 is 10.8 Å². The van der Waals surface area contributed by atoms with Gasteiger partial charge in [0.05, 0.1) is 5.41 Å². The second kappa shape index (κ2) is 4.94. The van der Waals surface area contributed by atoms with Gasteiger partial charge in [0.1, 0.15) is 0 Å². The predicted molar refractivity (Wildman–Crippen MR) is 59.7 cm³/mol. The van der Waals surface area contributed by atoms with Crippen LogP contribution in [0.5, 0.6) is 0 Å². The van der Waals surface area contributed by atoms with E-state index in [-0.39, 0.29) is 0 Å². The van der Waals surface area contributed by atoms with Crippen molar-refractivity contribution in [1.29, 1.82) is 0 Å². The smallest absolute Gasteiger partial charge is 0.313 e. The van der Waals surface area contributed by atoms with Gasteiger partial charge in [-0.15, -0.1) is 0 Å². The quantitative estimate of drug-likeness (QED) is 0.773. The van der Waals surface area contributed by atoms with Crippen LogP contribution in [-0.2, 0) is 10.2 Å². The van der Waals surface area contributed by atoms with E-state index in [4.69, 9.17) is 5.73 Å². The Morgan fingerprint density at radius 2 is 2.00 bits per heavy atom. The van der Waals surface area contributed by atoms with Crippen LogP contribution >= 0.6 is 0 Å². The molecular weight excluding hydrogens is 190 g/mol. The zero-order valence-electron chi connectivity index (χ0n) is 8.94. The van der Waals surface area contributed by atoms with Crippen molar-refractivity contribution in [3.63, 3.8) is 0 Å². The summed E-state index contributed by atoms with van der Waals surface area (Å²) in [4.78, 5) is 11.3. The molecule has 0 aliphatic carbocycles. The van der Waals surface area contributed by atoms with Crippen LogP contribution in [0, 0.1) is 0 Å². The molecule has 0 aromatic heterocycles. The molecule has 0 saturated carbocycles. The SMILES string of the molecule is CC(CCCN)(C(=O)O)c1ccccc1. The normalized spacial score (nSPS) is 14.5. The lowest BCUT2D eigenvalue weighted by atomic mass is 9.78. The van der Waals surface area contributed by atoms with Gasteiger partial charge in [-0.3, -0.25) is 4.79 Å². The van der Waals surface area contributed by atoms with Gasteiger partial charge in [-0.25, -0.2) is 0 Å². The van der Waals surface area contributed by atoms with E-state index < -0.39 is 11.4 Å². The number of carboxylic acid groups (broad SMARTS) is 1. The second-order valence-electron chi connectivity index (χ2n) is 3.90. The molecule has 15 heavy (non-hydrogen) atoms. The summed E-state index contributed by atoms with van der Waals surface area (Å²) in [5, 5.41) is 9.27. The fourth-order valence-electron chi connectivity index (χ4n) is 1.64. The van der Waals surface area contributed by atoms with Gasteiger partial charge in [-0.1, -0.05) is 30.3 Å². The van der Waals surface area contributed by atoms with Gasteiger partial charge in [-0.2, -0.15) is 0 Å². The molecule has 82 valence electrons. The summed E-state index contributed by atoms with van der Waals surface area (Å²) in [5.41, 5.74) is 5.44. The molecule has 1 unspecified atom stereocenters. The lowest BCUT2D eigenvalue weighted by Crippen LogP contribution is -2.33. The minimum Gasteiger partial charge on any atom is -0.481 e. The molecule has 0 amide bonds. The Balaban J connectivity index is 2.96. The summed E-state index contributed by atoms with van der Waals surface area (Å²) in [6, 6.07) is 9.31. The Hall–Kier alpha value is -1.35. The number of benzene rings is 1. The van der Waals surface area contributed by atoms with Crippen molar-refractivity contribution >= 4 is 5.97 Å². The first kappa shape index (κ1) is 11.7. The van der Waals surface area contributed by atoms with Crippen molar-refractivity contribution in [2.24, 2.45) is 5.73 Å². The van der Waals surface area contributed by atoms with Gasteiger partial charge >= 0.3 is 5.97 Å². The average molecular weight is 207 g/mol. The van der Waals surface area contributed by atoms with Gasteiger partial charge in [-0.05, 0) is 31.9 Å². The predicted octanol–water partition coefficient (Wildman–Crippen LogP) is 1.77. The number of aliphatic carboxylic acids is 1. The number of carboxylic acids is 1. The molecule has 1 rings (SSSR count). The minimum atomic E-state index is -0.819. The number of nitrogens with two attached hydrogens (primary N) is 1. The monoisotopic (exact) mass is 207 g/mol. The van der Waals surface area contributed by atoms with E-state index in [9.17, 15) is 9.90 Å². The minimum absolute atomic E-state index is 0.524. The highest BCUT2D eigenvalue weighted by Gasteiger charge is 2.34. The number of carbonyl (C=O) groups is 1. The van der Waals surface area contributed by atoms with Crippen LogP contribution in [0.15, 0.2) is 30.3 Å². The number of rotatable bonds is 5. The third-order valence-corrected chi connectivity index (χ3v) is 2.76. The van der Waals surface area contributed by atoms with Crippen LogP contribution in [0.3, 0.4) is 0 Å². The Kier molecular flexibility index (Phi) is 3.86. The molecule has 1 aromatic carbocycles. The van der Waals surface area contributed by atoms with Crippen LogP contribution in [0.2, 0.25) is 0 Å². The molecule has 0 aliphatic rings. The van der Waals surface area contributed by atoms with Crippen molar-refractivity contribution < 1.29 is 9.90 Å². The van der Waals surface area contributed by atoms with Gasteiger partial charge in [0.25, 0.3) is 0 Å². The lowest BCUT2D eigenvalue weighted by Gasteiger charge is -2.25. The summed E-state index contributed by atoms with van der Waals surface area (Å²) in [6.07, 6.45) is 1.29. The highest BCUT2D eigenvalue weighted by atomic mass is 16.4. The van der Waals surface area contributed by atoms with Crippen molar-refractivity contribution in [1.82, 2.24) is 0 Å². The van der Waals surface area contributed by atoms with Crippen LogP contribution in [0.4, 0.5) is 0 Å². The molecular formula is C12H17NO2. The first-order chi connectivity index (χ1) is 7.11. The van der Waals surface area contributed by atoms with Gasteiger partial charge in [0, 0.05) is 0 Å². The number of hydrogen-bond acceptors (Lipinski definition) is 2. The van der Waals surface area contributed by atoms with E-state index in [2.05, 4.69) is 0 Å². The lowest BCUT2D eigenvalue weighted by molar-refractivity contribution is -0.143. The largest absolute Gasteiger partial charge is 0.481 e. The van der Waals surface area contributed by atoms with E-state index in [1.54, 1.807) is 6.92 Å². The van der Waals surface area contributed by atoms with Crippen LogP contribution in [-0.4, -0.2) is 17.6 Å². The molecule has 0 spiro atoms. The zero-order chi connectivity index (χ0) is 11.3. The summed E-state index contributed by atoms with van der Waals surface area (Å²) >= 11 is 0. The molecule has 1 aromatic rings. The highest BCUT2D eigenvalue weighted by molar-refractivity contribution is 5.80. The summed E-state index contributed by atoms with van der Waals surface area (Å²) in [5.74, 6) is -0.790. The van der Waals surface area contributed by atoms with E-state index in [0.717, 1.165) is 12.0 Å². The average Bonchev–Trinajstić information content (AvgIpc) is 2.27. The maximum atomic E-state index is 11.3. The Morgan fingerprint density at radius 1 is 1.40 bits per heavy atom. The third-order valence-electron chi connectivity index (χ3n) is 2.76. The zero-order valence-corrected chi connectivity index (χ0v) is 8.94. The van der Waals surface area contributed by atoms with Gasteiger partial charge in [0.2, 0.25) is 0 Å². The molecule has 1 atom stereocenters. The van der Waals surface area contributed by atoms with Crippen molar-refractivity contribution in [2.75, 3.05) is 6.54 Å². The fraction of sp³-hybridized carbons (Fsp3) is 0.417. The fourth-order valence-corrected chi connectivity index (χ4v) is 1.64. The number of hydrogen-bond donors (Lipinski definition) is 2. The first-order valence-corrected chi connectivity index (χ1v) is 5.10. The molecule has 0 fully saturated rings. The molecule has 0 saturated heterocycles. The van der Waals surface area contributed by atoms with Crippen LogP contribution in [0.25, 0.3) is 0 Å². The third kappa shape index (κ3) is 2.57. The summed E-state index contributed by atoms with van der Waals surface area (Å²) < 4.78 is 0. The topological polar surface area (TPSA) is 63.3 Å². The summed E-state index contributed by atoms with van der Waals surface area (Å²) in [7, 11) is 0. The Morgan fingerprint density at radius 3 is 2.47 bits per heavy atom. The first-order valence-electron chi connectivity index (χ1n) is 5.10. The van der Waals surface area contributed by atoms with Crippen LogP contribution in [0.1, 0.15) is 25.3 Å². The maximum absolute atomic E-state index is 11.3.